The SMILES string of the molecule is O=C(Cn1ccc2ccccc21)Nc1ccc(-c2ccc(N3CCCC3)nn2)cc1. The molecule has 1 amide bonds. The number of amides is 1. The lowest BCUT2D eigenvalue weighted by molar-refractivity contribution is -0.116. The zero-order valence-corrected chi connectivity index (χ0v) is 16.7. The molecule has 0 radical (unpaired) electrons. The molecular weight excluding hydrogens is 374 g/mol. The summed E-state index contributed by atoms with van der Waals surface area (Å²) in [6.45, 7) is 2.39. The number of carbonyl (C=O) groups is 1. The summed E-state index contributed by atoms with van der Waals surface area (Å²) in [5.41, 5.74) is 3.63. The molecule has 1 aliphatic heterocycles. The van der Waals surface area contributed by atoms with Crippen LogP contribution in [0.2, 0.25) is 0 Å². The zero-order chi connectivity index (χ0) is 20.3. The molecule has 4 aromatic rings. The second-order valence-electron chi connectivity index (χ2n) is 7.60. The molecule has 1 saturated heterocycles. The number of hydrogen-bond acceptors (Lipinski definition) is 4. The number of rotatable bonds is 5. The average molecular weight is 397 g/mol. The van der Waals surface area contributed by atoms with Gasteiger partial charge in [0, 0.05) is 36.1 Å². The van der Waals surface area contributed by atoms with Gasteiger partial charge in [0.2, 0.25) is 5.91 Å². The first-order valence-electron chi connectivity index (χ1n) is 10.3. The van der Waals surface area contributed by atoms with Crippen LogP contribution in [0.15, 0.2) is 72.9 Å². The second kappa shape index (κ2) is 7.99. The maximum atomic E-state index is 12.5. The molecule has 2 aromatic heterocycles. The molecule has 0 saturated carbocycles. The molecule has 0 spiro atoms. The summed E-state index contributed by atoms with van der Waals surface area (Å²) in [7, 11) is 0. The zero-order valence-electron chi connectivity index (χ0n) is 16.7. The fraction of sp³-hybridized carbons (Fsp3) is 0.208. The molecule has 150 valence electrons. The highest BCUT2D eigenvalue weighted by molar-refractivity contribution is 5.92. The first kappa shape index (κ1) is 18.4. The van der Waals surface area contributed by atoms with Gasteiger partial charge in [0.1, 0.15) is 6.54 Å². The van der Waals surface area contributed by atoms with Crippen molar-refractivity contribution < 1.29 is 4.79 Å². The van der Waals surface area contributed by atoms with E-state index in [1.54, 1.807) is 0 Å². The van der Waals surface area contributed by atoms with Crippen LogP contribution in [0.4, 0.5) is 11.5 Å². The molecule has 1 fully saturated rings. The third kappa shape index (κ3) is 3.76. The summed E-state index contributed by atoms with van der Waals surface area (Å²) in [5.74, 6) is 0.886. The Kier molecular flexibility index (Phi) is 4.89. The Balaban J connectivity index is 1.24. The molecule has 0 atom stereocenters. The van der Waals surface area contributed by atoms with Crippen LogP contribution in [0.5, 0.6) is 0 Å². The molecule has 5 rings (SSSR count). The Morgan fingerprint density at radius 3 is 2.47 bits per heavy atom. The quantitative estimate of drug-likeness (QED) is 0.544. The number of nitrogens with zero attached hydrogens (tertiary/aromatic N) is 4. The van der Waals surface area contributed by atoms with Gasteiger partial charge in [-0.1, -0.05) is 30.3 Å². The number of aromatic nitrogens is 3. The highest BCUT2D eigenvalue weighted by atomic mass is 16.1. The standard InChI is InChI=1S/C24H23N5O/c30-24(17-29-16-13-19-5-1-2-6-22(19)29)25-20-9-7-18(8-10-20)21-11-12-23(27-26-21)28-14-3-4-15-28/h1-2,5-13,16H,3-4,14-15,17H2,(H,25,30). The monoisotopic (exact) mass is 397 g/mol. The third-order valence-electron chi connectivity index (χ3n) is 5.54. The van der Waals surface area contributed by atoms with E-state index < -0.39 is 0 Å². The van der Waals surface area contributed by atoms with Crippen molar-refractivity contribution in [3.63, 3.8) is 0 Å². The fourth-order valence-corrected chi connectivity index (χ4v) is 3.95. The number of nitrogens with one attached hydrogen (secondary N) is 1. The van der Waals surface area contributed by atoms with Crippen molar-refractivity contribution in [3.8, 4) is 11.3 Å². The topological polar surface area (TPSA) is 63.1 Å². The minimum atomic E-state index is -0.0566. The number of benzene rings is 2. The Morgan fingerprint density at radius 2 is 1.70 bits per heavy atom. The molecule has 0 unspecified atom stereocenters. The first-order chi connectivity index (χ1) is 14.8. The van der Waals surface area contributed by atoms with Crippen molar-refractivity contribution in [3.05, 3.63) is 72.9 Å². The van der Waals surface area contributed by atoms with Gasteiger partial charge in [-0.3, -0.25) is 4.79 Å². The molecule has 3 heterocycles. The summed E-state index contributed by atoms with van der Waals surface area (Å²) in [6.07, 6.45) is 4.38. The number of hydrogen-bond donors (Lipinski definition) is 1. The van der Waals surface area contributed by atoms with E-state index in [0.717, 1.165) is 46.8 Å². The lowest BCUT2D eigenvalue weighted by atomic mass is 10.1. The average Bonchev–Trinajstić information content (AvgIpc) is 3.45. The predicted molar refractivity (Wildman–Crippen MR) is 119 cm³/mol. The Labute approximate surface area is 175 Å². The first-order valence-corrected chi connectivity index (χ1v) is 10.3. The van der Waals surface area contributed by atoms with E-state index >= 15 is 0 Å². The van der Waals surface area contributed by atoms with E-state index in [1.165, 1.54) is 12.8 Å². The van der Waals surface area contributed by atoms with Gasteiger partial charge in [-0.05, 0) is 54.6 Å². The number of fused-ring (bicyclic) bond motifs is 1. The summed E-state index contributed by atoms with van der Waals surface area (Å²) < 4.78 is 1.95. The molecule has 6 heteroatoms. The summed E-state index contributed by atoms with van der Waals surface area (Å²) in [6, 6.07) is 21.8. The summed E-state index contributed by atoms with van der Waals surface area (Å²) in [4.78, 5) is 14.8. The molecule has 1 aliphatic rings. The number of para-hydroxylation sites is 1. The van der Waals surface area contributed by atoms with Gasteiger partial charge >= 0.3 is 0 Å². The Morgan fingerprint density at radius 1 is 0.900 bits per heavy atom. The van der Waals surface area contributed by atoms with Crippen LogP contribution in [0.3, 0.4) is 0 Å². The molecule has 1 N–H and O–H groups in total. The van der Waals surface area contributed by atoms with Gasteiger partial charge in [-0.2, -0.15) is 0 Å². The molecule has 0 aliphatic carbocycles. The van der Waals surface area contributed by atoms with E-state index in [-0.39, 0.29) is 12.5 Å². The van der Waals surface area contributed by atoms with Crippen molar-refractivity contribution in [2.45, 2.75) is 19.4 Å². The van der Waals surface area contributed by atoms with Gasteiger partial charge in [-0.25, -0.2) is 0 Å². The predicted octanol–water partition coefficient (Wildman–Crippen LogP) is 4.34. The summed E-state index contributed by atoms with van der Waals surface area (Å²) in [5, 5.41) is 12.9. The van der Waals surface area contributed by atoms with Crippen molar-refractivity contribution in [2.24, 2.45) is 0 Å². The van der Waals surface area contributed by atoms with Gasteiger partial charge < -0.3 is 14.8 Å². The third-order valence-corrected chi connectivity index (χ3v) is 5.54. The van der Waals surface area contributed by atoms with E-state index in [1.807, 2.05) is 77.5 Å². The van der Waals surface area contributed by atoms with Crippen LogP contribution in [-0.4, -0.2) is 33.8 Å². The maximum absolute atomic E-state index is 12.5. The van der Waals surface area contributed by atoms with Gasteiger partial charge in [0.15, 0.2) is 5.82 Å². The van der Waals surface area contributed by atoms with Gasteiger partial charge in [-0.15, -0.1) is 10.2 Å². The molecule has 0 bridgehead atoms. The van der Waals surface area contributed by atoms with Gasteiger partial charge in [0.25, 0.3) is 0 Å². The van der Waals surface area contributed by atoms with Crippen LogP contribution in [-0.2, 0) is 11.3 Å². The van der Waals surface area contributed by atoms with E-state index in [0.29, 0.717) is 0 Å². The van der Waals surface area contributed by atoms with Crippen LogP contribution in [0.25, 0.3) is 22.2 Å². The van der Waals surface area contributed by atoms with Crippen molar-refractivity contribution in [1.82, 2.24) is 14.8 Å². The van der Waals surface area contributed by atoms with Crippen LogP contribution >= 0.6 is 0 Å². The number of anilines is 2. The Hall–Kier alpha value is -3.67. The fourth-order valence-electron chi connectivity index (χ4n) is 3.95. The lowest BCUT2D eigenvalue weighted by Gasteiger charge is -2.15. The van der Waals surface area contributed by atoms with Crippen LogP contribution in [0.1, 0.15) is 12.8 Å². The lowest BCUT2D eigenvalue weighted by Crippen LogP contribution is -2.19. The highest BCUT2D eigenvalue weighted by Gasteiger charge is 2.14. The smallest absolute Gasteiger partial charge is 0.244 e. The highest BCUT2D eigenvalue weighted by Crippen LogP contribution is 2.22. The van der Waals surface area contributed by atoms with E-state index in [9.17, 15) is 4.79 Å². The van der Waals surface area contributed by atoms with Crippen molar-refractivity contribution in [2.75, 3.05) is 23.3 Å². The van der Waals surface area contributed by atoms with Crippen LogP contribution < -0.4 is 10.2 Å². The summed E-state index contributed by atoms with van der Waals surface area (Å²) >= 11 is 0. The van der Waals surface area contributed by atoms with E-state index in [2.05, 4.69) is 20.4 Å². The second-order valence-corrected chi connectivity index (χ2v) is 7.60. The van der Waals surface area contributed by atoms with Crippen LogP contribution in [0, 0.1) is 0 Å². The minimum Gasteiger partial charge on any atom is -0.355 e. The maximum Gasteiger partial charge on any atom is 0.244 e. The molecule has 30 heavy (non-hydrogen) atoms. The Bertz CT molecular complexity index is 1160. The van der Waals surface area contributed by atoms with Crippen molar-refractivity contribution >= 4 is 28.3 Å². The number of carbonyl (C=O) groups excluding carboxylic acids is 1. The molecule has 2 aromatic carbocycles. The largest absolute Gasteiger partial charge is 0.355 e. The normalized spacial score (nSPS) is 13.7. The minimum absolute atomic E-state index is 0.0566. The van der Waals surface area contributed by atoms with E-state index in [4.69, 9.17) is 0 Å². The van der Waals surface area contributed by atoms with Crippen molar-refractivity contribution in [1.29, 1.82) is 0 Å². The molecule has 6 nitrogen and oxygen atoms in total. The molecular formula is C24H23N5O. The van der Waals surface area contributed by atoms with Gasteiger partial charge in [0.05, 0.1) is 5.69 Å².